The molecule has 32 heavy (non-hydrogen) atoms. The summed E-state index contributed by atoms with van der Waals surface area (Å²) in [7, 11) is 3.96. The maximum Gasteiger partial charge on any atom is 0.258 e. The van der Waals surface area contributed by atoms with Crippen molar-refractivity contribution >= 4 is 17.5 Å². The Bertz CT molecular complexity index is 885. The predicted octanol–water partition coefficient (Wildman–Crippen LogP) is 3.07. The normalized spacial score (nSPS) is 15.4. The Morgan fingerprint density at radius 2 is 1.78 bits per heavy atom. The smallest absolute Gasteiger partial charge is 0.258 e. The Balaban J connectivity index is 1.89. The molecular formula is C25H35N5O2. The summed E-state index contributed by atoms with van der Waals surface area (Å²) < 4.78 is 0. The Morgan fingerprint density at radius 1 is 1.03 bits per heavy atom. The quantitative estimate of drug-likeness (QED) is 0.752. The fourth-order valence-corrected chi connectivity index (χ4v) is 3.88. The van der Waals surface area contributed by atoms with Gasteiger partial charge in [0.15, 0.2) is 0 Å². The Kier molecular flexibility index (Phi) is 9.19. The summed E-state index contributed by atoms with van der Waals surface area (Å²) in [4.78, 5) is 34.0. The molecule has 7 heteroatoms. The maximum atomic E-state index is 13.4. The van der Waals surface area contributed by atoms with Crippen LogP contribution in [-0.4, -0.2) is 62.0 Å². The van der Waals surface area contributed by atoms with Gasteiger partial charge in [-0.05, 0) is 69.4 Å². The fraction of sp³-hybridized carbons (Fsp3) is 0.480. The van der Waals surface area contributed by atoms with Crippen molar-refractivity contribution in [2.75, 3.05) is 45.2 Å². The molecule has 7 nitrogen and oxygen atoms in total. The highest BCUT2D eigenvalue weighted by atomic mass is 16.2. The average molecular weight is 438 g/mol. The van der Waals surface area contributed by atoms with Crippen LogP contribution in [0.25, 0.3) is 0 Å². The van der Waals surface area contributed by atoms with Crippen LogP contribution in [0.4, 0.5) is 5.69 Å². The monoisotopic (exact) mass is 437 g/mol. The molecule has 0 atom stereocenters. The number of likely N-dealkylation sites (N-methyl/N-ethyl adjacent to an activating group) is 1. The van der Waals surface area contributed by atoms with Crippen LogP contribution >= 0.6 is 0 Å². The molecule has 0 bridgehead atoms. The second-order valence-electron chi connectivity index (χ2n) is 8.54. The van der Waals surface area contributed by atoms with Crippen molar-refractivity contribution in [1.29, 1.82) is 0 Å². The first-order valence-electron chi connectivity index (χ1n) is 11.5. The molecule has 0 spiro atoms. The minimum atomic E-state index is -0.0900. The largest absolute Gasteiger partial charge is 0.351 e. The van der Waals surface area contributed by atoms with Gasteiger partial charge in [0, 0.05) is 55.4 Å². The third-order valence-electron chi connectivity index (χ3n) is 5.70. The summed E-state index contributed by atoms with van der Waals surface area (Å²) in [5.41, 5.74) is 3.07. The average Bonchev–Trinajstić information content (AvgIpc) is 2.79. The van der Waals surface area contributed by atoms with Gasteiger partial charge in [-0.1, -0.05) is 19.3 Å². The van der Waals surface area contributed by atoms with Crippen LogP contribution in [0.2, 0.25) is 0 Å². The van der Waals surface area contributed by atoms with E-state index in [2.05, 4.69) is 15.6 Å². The topological polar surface area (TPSA) is 77.6 Å². The number of hydrogen-bond donors (Lipinski definition) is 2. The lowest BCUT2D eigenvalue weighted by Crippen LogP contribution is -2.34. The van der Waals surface area contributed by atoms with Crippen LogP contribution in [0, 0.1) is 0 Å². The highest BCUT2D eigenvalue weighted by Gasteiger charge is 2.21. The van der Waals surface area contributed by atoms with Crippen molar-refractivity contribution < 1.29 is 9.59 Å². The molecule has 2 heterocycles. The van der Waals surface area contributed by atoms with Crippen molar-refractivity contribution in [3.8, 4) is 0 Å². The van der Waals surface area contributed by atoms with E-state index in [4.69, 9.17) is 0 Å². The van der Waals surface area contributed by atoms with E-state index in [9.17, 15) is 9.59 Å². The zero-order chi connectivity index (χ0) is 22.8. The first-order valence-corrected chi connectivity index (χ1v) is 11.5. The van der Waals surface area contributed by atoms with Gasteiger partial charge in [0.1, 0.15) is 0 Å². The molecule has 0 saturated heterocycles. The molecule has 1 aromatic heterocycles. The molecular weight excluding hydrogens is 402 g/mol. The molecule has 0 aliphatic carbocycles. The second kappa shape index (κ2) is 12.3. The Morgan fingerprint density at radius 3 is 2.56 bits per heavy atom. The number of amides is 2. The van der Waals surface area contributed by atoms with Gasteiger partial charge in [-0.15, -0.1) is 0 Å². The molecule has 2 amide bonds. The van der Waals surface area contributed by atoms with E-state index in [0.29, 0.717) is 30.8 Å². The molecule has 1 aromatic carbocycles. The standard InChI is InChI=1S/C25H35N5O2/c1-29(2)17-15-28-24(31)21-8-9-23-22(18-21)19-27-12-6-4-3-5-7-16-30(23)25(32)20-10-13-26-14-11-20/h8-11,13-14,18,27H,3-7,12,15-17,19H2,1-2H3,(H,28,31). The molecule has 0 saturated carbocycles. The summed E-state index contributed by atoms with van der Waals surface area (Å²) in [5.74, 6) is -0.123. The minimum Gasteiger partial charge on any atom is -0.351 e. The van der Waals surface area contributed by atoms with Crippen molar-refractivity contribution in [3.63, 3.8) is 0 Å². The van der Waals surface area contributed by atoms with Gasteiger partial charge in [-0.2, -0.15) is 0 Å². The summed E-state index contributed by atoms with van der Waals surface area (Å²) in [5, 5.41) is 6.47. The number of anilines is 1. The number of nitrogens with one attached hydrogen (secondary N) is 2. The summed E-state index contributed by atoms with van der Waals surface area (Å²) >= 11 is 0. The second-order valence-corrected chi connectivity index (χ2v) is 8.54. The molecule has 3 rings (SSSR count). The SMILES string of the molecule is CN(C)CCNC(=O)c1ccc2c(c1)CNCCCCCCCN2C(=O)c1ccncc1. The third-order valence-corrected chi connectivity index (χ3v) is 5.70. The fourth-order valence-electron chi connectivity index (χ4n) is 3.88. The first kappa shape index (κ1) is 23.9. The molecule has 1 aliphatic heterocycles. The summed E-state index contributed by atoms with van der Waals surface area (Å²) in [6.07, 6.45) is 8.85. The lowest BCUT2D eigenvalue weighted by Gasteiger charge is -2.27. The van der Waals surface area contributed by atoms with Crippen LogP contribution in [0.3, 0.4) is 0 Å². The molecule has 2 aromatic rings. The number of carbonyl (C=O) groups is 2. The zero-order valence-electron chi connectivity index (χ0n) is 19.3. The predicted molar refractivity (Wildman–Crippen MR) is 128 cm³/mol. The van der Waals surface area contributed by atoms with E-state index in [-0.39, 0.29) is 11.8 Å². The highest BCUT2D eigenvalue weighted by Crippen LogP contribution is 2.25. The Labute approximate surface area is 191 Å². The lowest BCUT2D eigenvalue weighted by molar-refractivity contribution is 0.0950. The number of pyridine rings is 1. The van der Waals surface area contributed by atoms with Crippen LogP contribution in [0.15, 0.2) is 42.7 Å². The number of hydrogen-bond acceptors (Lipinski definition) is 5. The van der Waals surface area contributed by atoms with Gasteiger partial charge in [0.05, 0.1) is 0 Å². The number of benzene rings is 1. The van der Waals surface area contributed by atoms with Gasteiger partial charge in [0.2, 0.25) is 0 Å². The van der Waals surface area contributed by atoms with Crippen LogP contribution in [0.1, 0.15) is 58.4 Å². The molecule has 1 aliphatic rings. The van der Waals surface area contributed by atoms with Crippen LogP contribution < -0.4 is 15.5 Å². The van der Waals surface area contributed by atoms with Gasteiger partial charge in [-0.25, -0.2) is 0 Å². The van der Waals surface area contributed by atoms with Gasteiger partial charge in [0.25, 0.3) is 11.8 Å². The number of nitrogens with zero attached hydrogens (tertiary/aromatic N) is 3. The summed E-state index contributed by atoms with van der Waals surface area (Å²) in [6, 6.07) is 9.17. The van der Waals surface area contributed by atoms with Crippen LogP contribution in [-0.2, 0) is 6.54 Å². The van der Waals surface area contributed by atoms with Gasteiger partial charge >= 0.3 is 0 Å². The zero-order valence-corrected chi connectivity index (χ0v) is 19.3. The number of aromatic nitrogens is 1. The van der Waals surface area contributed by atoms with Crippen molar-refractivity contribution in [2.24, 2.45) is 0 Å². The molecule has 0 radical (unpaired) electrons. The van der Waals surface area contributed by atoms with E-state index in [1.54, 1.807) is 24.5 Å². The number of fused-ring (bicyclic) bond motifs is 1. The molecule has 0 unspecified atom stereocenters. The molecule has 172 valence electrons. The summed E-state index contributed by atoms with van der Waals surface area (Å²) in [6.45, 7) is 3.58. The van der Waals surface area contributed by atoms with Gasteiger partial charge < -0.3 is 20.4 Å². The Hall–Kier alpha value is -2.77. The maximum absolute atomic E-state index is 13.4. The van der Waals surface area contributed by atoms with E-state index < -0.39 is 0 Å². The molecule has 0 fully saturated rings. The third kappa shape index (κ3) is 6.87. The van der Waals surface area contributed by atoms with E-state index in [0.717, 1.165) is 43.6 Å². The highest BCUT2D eigenvalue weighted by molar-refractivity contribution is 6.06. The van der Waals surface area contributed by atoms with E-state index in [1.165, 1.54) is 12.8 Å². The lowest BCUT2D eigenvalue weighted by atomic mass is 10.0. The van der Waals surface area contributed by atoms with Gasteiger partial charge in [-0.3, -0.25) is 14.6 Å². The van der Waals surface area contributed by atoms with E-state index >= 15 is 0 Å². The number of carbonyl (C=O) groups excluding carboxylic acids is 2. The first-order chi connectivity index (χ1) is 15.6. The van der Waals surface area contributed by atoms with E-state index in [1.807, 2.05) is 42.1 Å². The van der Waals surface area contributed by atoms with Crippen molar-refractivity contribution in [2.45, 2.75) is 38.6 Å². The number of rotatable bonds is 5. The minimum absolute atomic E-state index is 0.0334. The van der Waals surface area contributed by atoms with Crippen molar-refractivity contribution in [1.82, 2.24) is 20.5 Å². The van der Waals surface area contributed by atoms with Crippen molar-refractivity contribution in [3.05, 3.63) is 59.4 Å². The molecule has 2 N–H and O–H groups in total. The van der Waals surface area contributed by atoms with Crippen LogP contribution in [0.5, 0.6) is 0 Å².